The zero-order chi connectivity index (χ0) is 14.8. The Hall–Kier alpha value is -1.06. The number of rotatable bonds is 8. The van der Waals surface area contributed by atoms with E-state index in [0.717, 1.165) is 42.4 Å². The zero-order valence-electron chi connectivity index (χ0n) is 12.7. The fourth-order valence-electron chi connectivity index (χ4n) is 1.85. The molecule has 1 aromatic rings. The average Bonchev–Trinajstić information content (AvgIpc) is 2.47. The first kappa shape index (κ1) is 17.0. The lowest BCUT2D eigenvalue weighted by atomic mass is 10.1. The Balaban J connectivity index is 2.96. The van der Waals surface area contributed by atoms with Gasteiger partial charge in [0.05, 0.1) is 0 Å². The first-order valence-corrected chi connectivity index (χ1v) is 7.75. The quantitative estimate of drug-likeness (QED) is 0.575. The van der Waals surface area contributed by atoms with Gasteiger partial charge in [0, 0.05) is 24.7 Å². The number of ether oxygens (including phenoxy) is 1. The molecule has 0 amide bonds. The molecule has 20 heavy (non-hydrogen) atoms. The van der Waals surface area contributed by atoms with E-state index in [-0.39, 0.29) is 6.10 Å². The highest BCUT2D eigenvalue weighted by molar-refractivity contribution is 6.30. The number of benzene rings is 1. The molecule has 1 rings (SSSR count). The maximum Gasteiger partial charge on any atom is 0.139 e. The van der Waals surface area contributed by atoms with Crippen LogP contribution >= 0.6 is 11.6 Å². The van der Waals surface area contributed by atoms with Gasteiger partial charge in [-0.25, -0.2) is 0 Å². The second-order valence-corrected chi connectivity index (χ2v) is 5.02. The molecule has 4 heteroatoms. The van der Waals surface area contributed by atoms with E-state index in [2.05, 4.69) is 24.2 Å². The lowest BCUT2D eigenvalue weighted by molar-refractivity contribution is 0.107. The molecule has 0 saturated carbocycles. The van der Waals surface area contributed by atoms with Crippen molar-refractivity contribution in [2.75, 3.05) is 19.7 Å². The molecule has 0 radical (unpaired) electrons. The summed E-state index contributed by atoms with van der Waals surface area (Å²) in [7, 11) is 0. The van der Waals surface area contributed by atoms with E-state index in [1.807, 2.05) is 31.2 Å². The van der Waals surface area contributed by atoms with E-state index in [1.54, 1.807) is 0 Å². The minimum Gasteiger partial charge on any atom is -0.371 e. The Bertz CT molecular complexity index is 403. The molecule has 3 nitrogen and oxygen atoms in total. The Morgan fingerprint density at radius 2 is 1.90 bits per heavy atom. The minimum atomic E-state index is -0.143. The monoisotopic (exact) mass is 296 g/mol. The fourth-order valence-corrected chi connectivity index (χ4v) is 1.98. The van der Waals surface area contributed by atoms with Gasteiger partial charge in [-0.1, -0.05) is 37.6 Å². The number of halogens is 1. The molecular weight excluding hydrogens is 272 g/mol. The van der Waals surface area contributed by atoms with Gasteiger partial charge in [0.2, 0.25) is 0 Å². The minimum absolute atomic E-state index is 0.143. The van der Waals surface area contributed by atoms with Gasteiger partial charge in [-0.15, -0.1) is 0 Å². The third kappa shape index (κ3) is 5.51. The standard InChI is InChI=1S/C16H25ClN2O/c1-4-11-18-16(19-12-5-2)15(20-6-3)13-7-9-14(17)10-8-13/h7-10,15H,4-6,11-12H2,1-3H3,(H,18,19). The molecule has 1 N–H and O–H groups in total. The molecule has 0 aliphatic rings. The summed E-state index contributed by atoms with van der Waals surface area (Å²) in [5, 5.41) is 4.13. The van der Waals surface area contributed by atoms with Crippen LogP contribution in [0.2, 0.25) is 5.02 Å². The van der Waals surface area contributed by atoms with Crippen molar-refractivity contribution in [3.05, 3.63) is 34.9 Å². The highest BCUT2D eigenvalue weighted by atomic mass is 35.5. The number of nitrogens with zero attached hydrogens (tertiary/aromatic N) is 1. The number of hydrogen-bond donors (Lipinski definition) is 1. The predicted molar refractivity (Wildman–Crippen MR) is 86.7 cm³/mol. The van der Waals surface area contributed by atoms with Crippen LogP contribution < -0.4 is 5.32 Å². The molecule has 0 bridgehead atoms. The Labute approximate surface area is 127 Å². The van der Waals surface area contributed by atoms with Gasteiger partial charge in [-0.05, 0) is 37.5 Å². The van der Waals surface area contributed by atoms with Crippen molar-refractivity contribution < 1.29 is 4.74 Å². The smallest absolute Gasteiger partial charge is 0.139 e. The van der Waals surface area contributed by atoms with Gasteiger partial charge in [0.25, 0.3) is 0 Å². The van der Waals surface area contributed by atoms with Crippen LogP contribution in [-0.4, -0.2) is 25.5 Å². The van der Waals surface area contributed by atoms with Crippen LogP contribution in [0.1, 0.15) is 45.3 Å². The molecule has 1 aromatic carbocycles. The van der Waals surface area contributed by atoms with Crippen LogP contribution in [0.3, 0.4) is 0 Å². The molecule has 0 heterocycles. The van der Waals surface area contributed by atoms with Crippen molar-refractivity contribution in [2.24, 2.45) is 4.99 Å². The van der Waals surface area contributed by atoms with E-state index < -0.39 is 0 Å². The summed E-state index contributed by atoms with van der Waals surface area (Å²) in [6.07, 6.45) is 1.94. The van der Waals surface area contributed by atoms with Crippen molar-refractivity contribution in [1.82, 2.24) is 5.32 Å². The van der Waals surface area contributed by atoms with Crippen LogP contribution in [-0.2, 0) is 4.74 Å². The zero-order valence-corrected chi connectivity index (χ0v) is 13.4. The summed E-state index contributed by atoms with van der Waals surface area (Å²) in [5.74, 6) is 0.915. The summed E-state index contributed by atoms with van der Waals surface area (Å²) in [6.45, 7) is 8.62. The third-order valence-electron chi connectivity index (χ3n) is 2.82. The van der Waals surface area contributed by atoms with Gasteiger partial charge < -0.3 is 10.1 Å². The fraction of sp³-hybridized carbons (Fsp3) is 0.562. The average molecular weight is 297 g/mol. The Morgan fingerprint density at radius 3 is 2.45 bits per heavy atom. The van der Waals surface area contributed by atoms with Crippen molar-refractivity contribution in [2.45, 2.75) is 39.7 Å². The molecule has 0 aliphatic heterocycles. The van der Waals surface area contributed by atoms with Crippen molar-refractivity contribution in [3.63, 3.8) is 0 Å². The molecule has 0 aromatic heterocycles. The molecular formula is C16H25ClN2O. The van der Waals surface area contributed by atoms with Crippen LogP contribution in [0.4, 0.5) is 0 Å². The molecule has 0 fully saturated rings. The third-order valence-corrected chi connectivity index (χ3v) is 3.07. The molecule has 0 aliphatic carbocycles. The van der Waals surface area contributed by atoms with Gasteiger partial charge in [0.1, 0.15) is 11.9 Å². The van der Waals surface area contributed by atoms with Gasteiger partial charge in [0.15, 0.2) is 0 Å². The molecule has 1 unspecified atom stereocenters. The summed E-state index contributed by atoms with van der Waals surface area (Å²) in [6, 6.07) is 7.77. The van der Waals surface area contributed by atoms with E-state index in [1.165, 1.54) is 0 Å². The normalized spacial score (nSPS) is 13.3. The topological polar surface area (TPSA) is 33.6 Å². The highest BCUT2D eigenvalue weighted by Crippen LogP contribution is 2.21. The van der Waals surface area contributed by atoms with Crippen molar-refractivity contribution >= 4 is 17.4 Å². The first-order valence-electron chi connectivity index (χ1n) is 7.38. The highest BCUT2D eigenvalue weighted by Gasteiger charge is 2.18. The lowest BCUT2D eigenvalue weighted by Crippen LogP contribution is -2.32. The Kier molecular flexibility index (Phi) is 8.31. The number of aliphatic imine (C=N–C) groups is 1. The van der Waals surface area contributed by atoms with Crippen LogP contribution in [0.5, 0.6) is 0 Å². The van der Waals surface area contributed by atoms with Crippen LogP contribution in [0, 0.1) is 0 Å². The number of hydrogen-bond acceptors (Lipinski definition) is 2. The lowest BCUT2D eigenvalue weighted by Gasteiger charge is -2.21. The second-order valence-electron chi connectivity index (χ2n) is 4.58. The molecule has 0 spiro atoms. The van der Waals surface area contributed by atoms with E-state index in [0.29, 0.717) is 6.61 Å². The summed E-state index contributed by atoms with van der Waals surface area (Å²) >= 11 is 5.95. The maximum absolute atomic E-state index is 5.95. The summed E-state index contributed by atoms with van der Waals surface area (Å²) < 4.78 is 5.89. The van der Waals surface area contributed by atoms with E-state index in [4.69, 9.17) is 16.3 Å². The Morgan fingerprint density at radius 1 is 1.20 bits per heavy atom. The van der Waals surface area contributed by atoms with Gasteiger partial charge in [-0.3, -0.25) is 4.99 Å². The number of amidine groups is 1. The molecule has 1 atom stereocenters. The van der Waals surface area contributed by atoms with E-state index in [9.17, 15) is 0 Å². The summed E-state index contributed by atoms with van der Waals surface area (Å²) in [4.78, 5) is 4.65. The van der Waals surface area contributed by atoms with Crippen molar-refractivity contribution in [3.8, 4) is 0 Å². The SMILES string of the molecule is CCCN=C(NCCC)C(OCC)c1ccc(Cl)cc1. The molecule has 0 saturated heterocycles. The maximum atomic E-state index is 5.95. The van der Waals surface area contributed by atoms with Crippen LogP contribution in [0.25, 0.3) is 0 Å². The van der Waals surface area contributed by atoms with Crippen LogP contribution in [0.15, 0.2) is 29.3 Å². The van der Waals surface area contributed by atoms with Gasteiger partial charge >= 0.3 is 0 Å². The van der Waals surface area contributed by atoms with Crippen molar-refractivity contribution in [1.29, 1.82) is 0 Å². The van der Waals surface area contributed by atoms with Gasteiger partial charge in [-0.2, -0.15) is 0 Å². The first-order chi connectivity index (χ1) is 9.72. The second kappa shape index (κ2) is 9.78. The van der Waals surface area contributed by atoms with E-state index >= 15 is 0 Å². The predicted octanol–water partition coefficient (Wildman–Crippen LogP) is 4.23. The largest absolute Gasteiger partial charge is 0.371 e. The number of nitrogens with one attached hydrogen (secondary N) is 1. The molecule has 112 valence electrons. The summed E-state index contributed by atoms with van der Waals surface area (Å²) in [5.41, 5.74) is 1.08.